The van der Waals surface area contributed by atoms with Crippen molar-refractivity contribution in [3.63, 3.8) is 0 Å². The van der Waals surface area contributed by atoms with E-state index in [2.05, 4.69) is 102 Å². The zero-order chi connectivity index (χ0) is 27.4. The largest absolute Gasteiger partial charge is 0.256 e. The smallest absolute Gasteiger partial charge is 0.0739 e. The van der Waals surface area contributed by atoms with Crippen molar-refractivity contribution >= 4 is 21.8 Å². The highest BCUT2D eigenvalue weighted by molar-refractivity contribution is 5.86. The molecule has 0 N–H and O–H groups in total. The first-order chi connectivity index (χ1) is 17.2. The van der Waals surface area contributed by atoms with Crippen LogP contribution in [0.1, 0.15) is 129 Å². The van der Waals surface area contributed by atoms with Crippen LogP contribution in [0.4, 0.5) is 0 Å². The lowest BCUT2D eigenvalue weighted by atomic mass is 9.92. The minimum atomic E-state index is 0.526. The Kier molecular flexibility index (Phi) is 13.4. The maximum atomic E-state index is 4.55. The molecule has 0 aliphatic heterocycles. The van der Waals surface area contributed by atoms with Crippen LogP contribution >= 0.6 is 0 Å². The first kappa shape index (κ1) is 31.3. The van der Waals surface area contributed by atoms with E-state index in [1.54, 1.807) is 0 Å². The highest BCUT2D eigenvalue weighted by Gasteiger charge is 2.12. The van der Waals surface area contributed by atoms with E-state index in [9.17, 15) is 0 Å². The summed E-state index contributed by atoms with van der Waals surface area (Å²) in [6.07, 6.45) is 3.77. The number of fused-ring (bicyclic) bond motifs is 2. The number of rotatable bonds is 4. The van der Waals surface area contributed by atoms with Crippen molar-refractivity contribution in [1.29, 1.82) is 0 Å². The molecule has 0 aliphatic rings. The molecular formula is C34H50N2. The number of hydrogen-bond donors (Lipinski definition) is 0. The van der Waals surface area contributed by atoms with Crippen molar-refractivity contribution in [3.05, 3.63) is 83.2 Å². The Balaban J connectivity index is 0.000000317. The topological polar surface area (TPSA) is 25.8 Å². The third-order valence-corrected chi connectivity index (χ3v) is 6.16. The highest BCUT2D eigenvalue weighted by Crippen LogP contribution is 2.31. The molecule has 0 unspecified atom stereocenters. The van der Waals surface area contributed by atoms with E-state index >= 15 is 0 Å². The summed E-state index contributed by atoms with van der Waals surface area (Å²) in [6.45, 7) is 25.8. The predicted octanol–water partition coefficient (Wildman–Crippen LogP) is 11.0. The fourth-order valence-corrected chi connectivity index (χ4v) is 4.37. The molecule has 2 nitrogen and oxygen atoms in total. The van der Waals surface area contributed by atoms with E-state index in [0.717, 1.165) is 0 Å². The molecule has 0 saturated carbocycles. The molecule has 4 aromatic rings. The van der Waals surface area contributed by atoms with Gasteiger partial charge in [0.1, 0.15) is 0 Å². The molecule has 0 amide bonds. The fraction of sp³-hybridized carbons (Fsp3) is 0.471. The lowest BCUT2D eigenvalue weighted by Crippen LogP contribution is -1.96. The molecule has 36 heavy (non-hydrogen) atoms. The summed E-state index contributed by atoms with van der Waals surface area (Å²) in [6, 6.07) is 17.4. The molecule has 2 aromatic heterocycles. The molecular weight excluding hydrogens is 436 g/mol. The van der Waals surface area contributed by atoms with Gasteiger partial charge in [0, 0.05) is 23.2 Å². The van der Waals surface area contributed by atoms with Gasteiger partial charge in [-0.1, -0.05) is 119 Å². The summed E-state index contributed by atoms with van der Waals surface area (Å²) in [5.74, 6) is 2.15. The third kappa shape index (κ3) is 7.63. The summed E-state index contributed by atoms with van der Waals surface area (Å²) in [5, 5.41) is 2.62. The van der Waals surface area contributed by atoms with Gasteiger partial charge in [-0.15, -0.1) is 0 Å². The van der Waals surface area contributed by atoms with Crippen LogP contribution in [0.3, 0.4) is 0 Å². The van der Waals surface area contributed by atoms with Crippen molar-refractivity contribution in [3.8, 4) is 0 Å². The molecule has 0 radical (unpaired) electrons. The van der Waals surface area contributed by atoms with E-state index < -0.39 is 0 Å². The third-order valence-electron chi connectivity index (χ3n) is 6.16. The maximum absolute atomic E-state index is 4.55. The SMILES string of the molecule is CC.CC.CC(C)c1ccc(C(C)C)c2ncccc12.CC(C)c1ccc(C(C)C)c2ncccc12. The van der Waals surface area contributed by atoms with Gasteiger partial charge in [0.25, 0.3) is 0 Å². The van der Waals surface area contributed by atoms with Crippen LogP contribution in [0.5, 0.6) is 0 Å². The Labute approximate surface area is 221 Å². The lowest BCUT2D eigenvalue weighted by Gasteiger charge is -2.14. The maximum Gasteiger partial charge on any atom is 0.0739 e. The van der Waals surface area contributed by atoms with E-state index in [1.165, 1.54) is 44.1 Å². The van der Waals surface area contributed by atoms with Crippen LogP contribution in [0.15, 0.2) is 60.9 Å². The number of hydrogen-bond acceptors (Lipinski definition) is 2. The Morgan fingerprint density at radius 3 is 0.972 bits per heavy atom. The average Bonchev–Trinajstić information content (AvgIpc) is 2.89. The summed E-state index contributed by atoms with van der Waals surface area (Å²) in [4.78, 5) is 9.09. The number of benzene rings is 2. The van der Waals surface area contributed by atoms with Crippen molar-refractivity contribution < 1.29 is 0 Å². The first-order valence-corrected chi connectivity index (χ1v) is 14.0. The molecule has 2 heterocycles. The number of nitrogens with zero attached hydrogens (tertiary/aromatic N) is 2. The average molecular weight is 487 g/mol. The minimum Gasteiger partial charge on any atom is -0.256 e. The molecule has 0 fully saturated rings. The van der Waals surface area contributed by atoms with Gasteiger partial charge in [0.05, 0.1) is 11.0 Å². The Morgan fingerprint density at radius 1 is 0.417 bits per heavy atom. The first-order valence-electron chi connectivity index (χ1n) is 14.0. The Bertz CT molecular complexity index is 998. The zero-order valence-electron chi connectivity index (χ0n) is 25.0. The van der Waals surface area contributed by atoms with E-state index in [4.69, 9.17) is 0 Å². The molecule has 2 heteroatoms. The standard InChI is InChI=1S/2C15H19N.2C2H6/c2*1-10(2)12-7-8-13(11(3)4)15-14(12)6-5-9-16-15;2*1-2/h2*5-11H,1-4H3;2*1-2H3. The second kappa shape index (κ2) is 15.4. The molecule has 0 saturated heterocycles. The van der Waals surface area contributed by atoms with E-state index in [0.29, 0.717) is 23.7 Å². The fourth-order valence-electron chi connectivity index (χ4n) is 4.37. The molecule has 4 rings (SSSR count). The van der Waals surface area contributed by atoms with Gasteiger partial charge < -0.3 is 0 Å². The van der Waals surface area contributed by atoms with Crippen molar-refractivity contribution in [1.82, 2.24) is 9.97 Å². The van der Waals surface area contributed by atoms with Crippen LogP contribution in [0.25, 0.3) is 21.8 Å². The zero-order valence-corrected chi connectivity index (χ0v) is 25.0. The van der Waals surface area contributed by atoms with Crippen LogP contribution < -0.4 is 0 Å². The molecule has 0 atom stereocenters. The Morgan fingerprint density at radius 2 is 0.694 bits per heavy atom. The van der Waals surface area contributed by atoms with Crippen LogP contribution in [0.2, 0.25) is 0 Å². The summed E-state index contributed by atoms with van der Waals surface area (Å²) in [7, 11) is 0. The van der Waals surface area contributed by atoms with Gasteiger partial charge in [-0.2, -0.15) is 0 Å². The molecule has 196 valence electrons. The second-order valence-electron chi connectivity index (χ2n) is 9.91. The summed E-state index contributed by atoms with van der Waals surface area (Å²) in [5.41, 5.74) is 7.83. The summed E-state index contributed by atoms with van der Waals surface area (Å²) >= 11 is 0. The number of aromatic nitrogens is 2. The molecule has 0 aliphatic carbocycles. The van der Waals surface area contributed by atoms with Gasteiger partial charge in [0.2, 0.25) is 0 Å². The quantitative estimate of drug-likeness (QED) is 0.286. The van der Waals surface area contributed by atoms with Crippen molar-refractivity contribution in [2.45, 2.75) is 107 Å². The van der Waals surface area contributed by atoms with Gasteiger partial charge in [-0.3, -0.25) is 9.97 Å². The van der Waals surface area contributed by atoms with Gasteiger partial charge in [-0.25, -0.2) is 0 Å². The second-order valence-corrected chi connectivity index (χ2v) is 9.91. The van der Waals surface area contributed by atoms with Crippen LogP contribution in [-0.4, -0.2) is 9.97 Å². The van der Waals surface area contributed by atoms with E-state index in [1.807, 2.05) is 52.2 Å². The van der Waals surface area contributed by atoms with Crippen LogP contribution in [0, 0.1) is 0 Å². The van der Waals surface area contributed by atoms with Gasteiger partial charge in [0.15, 0.2) is 0 Å². The lowest BCUT2D eigenvalue weighted by molar-refractivity contribution is 0.856. The molecule has 2 aromatic carbocycles. The van der Waals surface area contributed by atoms with E-state index in [-0.39, 0.29) is 0 Å². The van der Waals surface area contributed by atoms with Crippen molar-refractivity contribution in [2.24, 2.45) is 0 Å². The van der Waals surface area contributed by atoms with Gasteiger partial charge >= 0.3 is 0 Å². The van der Waals surface area contributed by atoms with Crippen LogP contribution in [-0.2, 0) is 0 Å². The molecule has 0 bridgehead atoms. The monoisotopic (exact) mass is 486 g/mol. The molecule has 0 spiro atoms. The summed E-state index contributed by atoms with van der Waals surface area (Å²) < 4.78 is 0. The highest BCUT2D eigenvalue weighted by atomic mass is 14.7. The van der Waals surface area contributed by atoms with Crippen molar-refractivity contribution in [2.75, 3.05) is 0 Å². The predicted molar refractivity (Wildman–Crippen MR) is 163 cm³/mol. The Hall–Kier alpha value is -2.74. The minimum absolute atomic E-state index is 0.526. The van der Waals surface area contributed by atoms with Gasteiger partial charge in [-0.05, 0) is 58.1 Å². The normalized spacial score (nSPS) is 10.7. The number of pyridine rings is 2.